The van der Waals surface area contributed by atoms with Gasteiger partial charge >= 0.3 is 6.18 Å². The normalized spacial score (nSPS) is 14.3. The van der Waals surface area contributed by atoms with Crippen molar-refractivity contribution in [2.75, 3.05) is 4.90 Å². The van der Waals surface area contributed by atoms with Crippen molar-refractivity contribution in [2.24, 2.45) is 0 Å². The molecule has 2 aromatic carbocycles. The van der Waals surface area contributed by atoms with Crippen LogP contribution in [-0.2, 0) is 23.8 Å². The molecule has 0 bridgehead atoms. The van der Waals surface area contributed by atoms with E-state index in [1.54, 1.807) is 12.1 Å². The van der Waals surface area contributed by atoms with Crippen LogP contribution >= 0.6 is 0 Å². The molecule has 0 radical (unpaired) electrons. The molecule has 2 nitrogen and oxygen atoms in total. The van der Waals surface area contributed by atoms with E-state index in [9.17, 15) is 18.0 Å². The van der Waals surface area contributed by atoms with Crippen molar-refractivity contribution in [1.29, 1.82) is 0 Å². The summed E-state index contributed by atoms with van der Waals surface area (Å²) in [6, 6.07) is 10.9. The molecule has 1 aliphatic heterocycles. The van der Waals surface area contributed by atoms with Crippen LogP contribution in [0.15, 0.2) is 42.5 Å². The Balaban J connectivity index is 2.00. The standard InChI is InChI=1S/C18H16F3NO/c1-2-3-12-4-8-15(9-5-12)22-16-11-14(18(19,20)21)7-6-13(16)10-17(22)23/h4-9,11H,2-3,10H2,1H3. The van der Waals surface area contributed by atoms with Gasteiger partial charge in [-0.05, 0) is 41.8 Å². The van der Waals surface area contributed by atoms with Crippen LogP contribution in [0.1, 0.15) is 30.0 Å². The van der Waals surface area contributed by atoms with E-state index in [1.165, 1.54) is 11.0 Å². The van der Waals surface area contributed by atoms with Crippen LogP contribution in [0.2, 0.25) is 0 Å². The molecular weight excluding hydrogens is 303 g/mol. The Kier molecular flexibility index (Phi) is 3.88. The van der Waals surface area contributed by atoms with Gasteiger partial charge in [0.05, 0.1) is 17.7 Å². The summed E-state index contributed by atoms with van der Waals surface area (Å²) in [4.78, 5) is 13.6. The quantitative estimate of drug-likeness (QED) is 0.789. The molecule has 2 aromatic rings. The van der Waals surface area contributed by atoms with Gasteiger partial charge in [-0.1, -0.05) is 31.5 Å². The van der Waals surface area contributed by atoms with Gasteiger partial charge in [-0.2, -0.15) is 13.2 Å². The molecule has 0 saturated heterocycles. The first-order valence-corrected chi connectivity index (χ1v) is 7.52. The molecule has 0 unspecified atom stereocenters. The van der Waals surface area contributed by atoms with Gasteiger partial charge < -0.3 is 0 Å². The number of hydrogen-bond donors (Lipinski definition) is 0. The van der Waals surface area contributed by atoms with Gasteiger partial charge in [-0.15, -0.1) is 0 Å². The number of anilines is 2. The summed E-state index contributed by atoms with van der Waals surface area (Å²) in [6.45, 7) is 2.08. The van der Waals surface area contributed by atoms with E-state index in [0.717, 1.165) is 30.5 Å². The van der Waals surface area contributed by atoms with Crippen molar-refractivity contribution in [2.45, 2.75) is 32.4 Å². The average Bonchev–Trinajstić information content (AvgIpc) is 2.82. The predicted molar refractivity (Wildman–Crippen MR) is 82.7 cm³/mol. The van der Waals surface area contributed by atoms with Crippen molar-refractivity contribution in [3.63, 3.8) is 0 Å². The largest absolute Gasteiger partial charge is 0.416 e. The van der Waals surface area contributed by atoms with E-state index in [-0.39, 0.29) is 12.3 Å². The number of amides is 1. The molecule has 1 aliphatic rings. The van der Waals surface area contributed by atoms with Gasteiger partial charge in [-0.3, -0.25) is 9.69 Å². The minimum Gasteiger partial charge on any atom is -0.280 e. The fraction of sp³-hybridized carbons (Fsp3) is 0.278. The Morgan fingerprint density at radius 2 is 1.78 bits per heavy atom. The summed E-state index contributed by atoms with van der Waals surface area (Å²) in [5.74, 6) is -0.206. The van der Waals surface area contributed by atoms with Gasteiger partial charge in [0.1, 0.15) is 0 Å². The van der Waals surface area contributed by atoms with Crippen molar-refractivity contribution >= 4 is 17.3 Å². The number of hydrogen-bond acceptors (Lipinski definition) is 1. The smallest absolute Gasteiger partial charge is 0.280 e. The van der Waals surface area contributed by atoms with Crippen molar-refractivity contribution in [1.82, 2.24) is 0 Å². The Labute approximate surface area is 132 Å². The highest BCUT2D eigenvalue weighted by molar-refractivity contribution is 6.07. The van der Waals surface area contributed by atoms with Crippen molar-refractivity contribution in [3.05, 3.63) is 59.2 Å². The fourth-order valence-corrected chi connectivity index (χ4v) is 2.86. The lowest BCUT2D eigenvalue weighted by Crippen LogP contribution is -2.21. The highest BCUT2D eigenvalue weighted by atomic mass is 19.4. The second-order valence-corrected chi connectivity index (χ2v) is 5.66. The second-order valence-electron chi connectivity index (χ2n) is 5.66. The molecule has 0 saturated carbocycles. The number of rotatable bonds is 3. The SMILES string of the molecule is CCCc1ccc(N2C(=O)Cc3ccc(C(F)(F)F)cc32)cc1. The third-order valence-corrected chi connectivity index (χ3v) is 3.98. The number of aryl methyl sites for hydroxylation is 1. The van der Waals surface area contributed by atoms with Crippen LogP contribution < -0.4 is 4.90 Å². The van der Waals surface area contributed by atoms with Crippen molar-refractivity contribution < 1.29 is 18.0 Å². The van der Waals surface area contributed by atoms with Crippen LogP contribution in [0.5, 0.6) is 0 Å². The molecule has 1 heterocycles. The van der Waals surface area contributed by atoms with Gasteiger partial charge in [0.25, 0.3) is 0 Å². The molecule has 0 aromatic heterocycles. The van der Waals surface area contributed by atoms with E-state index in [1.807, 2.05) is 12.1 Å². The van der Waals surface area contributed by atoms with E-state index >= 15 is 0 Å². The summed E-state index contributed by atoms with van der Waals surface area (Å²) in [7, 11) is 0. The maximum Gasteiger partial charge on any atom is 0.416 e. The van der Waals surface area contributed by atoms with E-state index < -0.39 is 11.7 Å². The lowest BCUT2D eigenvalue weighted by molar-refractivity contribution is -0.137. The molecule has 120 valence electrons. The number of benzene rings is 2. The van der Waals surface area contributed by atoms with Crippen LogP contribution in [0.3, 0.4) is 0 Å². The molecule has 0 aliphatic carbocycles. The second kappa shape index (κ2) is 5.72. The van der Waals surface area contributed by atoms with Gasteiger partial charge in [0.2, 0.25) is 5.91 Å². The van der Waals surface area contributed by atoms with Crippen LogP contribution in [0.4, 0.5) is 24.5 Å². The molecule has 0 N–H and O–H groups in total. The highest BCUT2D eigenvalue weighted by Crippen LogP contribution is 2.39. The number of halogens is 3. The first-order chi connectivity index (χ1) is 10.9. The van der Waals surface area contributed by atoms with E-state index in [4.69, 9.17) is 0 Å². The molecule has 0 fully saturated rings. The van der Waals surface area contributed by atoms with Crippen LogP contribution in [0.25, 0.3) is 0 Å². The van der Waals surface area contributed by atoms with Gasteiger partial charge in [-0.25, -0.2) is 0 Å². The molecule has 23 heavy (non-hydrogen) atoms. The van der Waals surface area contributed by atoms with Crippen molar-refractivity contribution in [3.8, 4) is 0 Å². The summed E-state index contributed by atoms with van der Waals surface area (Å²) >= 11 is 0. The Morgan fingerprint density at radius 1 is 1.09 bits per heavy atom. The van der Waals surface area contributed by atoms with Gasteiger partial charge in [0.15, 0.2) is 0 Å². The highest BCUT2D eigenvalue weighted by Gasteiger charge is 2.35. The number of fused-ring (bicyclic) bond motifs is 1. The molecule has 5 heteroatoms. The molecular formula is C18H16F3NO. The summed E-state index contributed by atoms with van der Waals surface area (Å²) in [5, 5.41) is 0. The fourth-order valence-electron chi connectivity index (χ4n) is 2.86. The van der Waals surface area contributed by atoms with E-state index in [0.29, 0.717) is 16.9 Å². The zero-order valence-electron chi connectivity index (χ0n) is 12.7. The summed E-state index contributed by atoms with van der Waals surface area (Å²) in [6.07, 6.45) is -2.34. The lowest BCUT2D eigenvalue weighted by atomic mass is 10.1. The number of alkyl halides is 3. The maximum absolute atomic E-state index is 12.9. The Morgan fingerprint density at radius 3 is 2.39 bits per heavy atom. The Hall–Kier alpha value is -2.30. The summed E-state index contributed by atoms with van der Waals surface area (Å²) in [5.41, 5.74) is 1.97. The molecule has 0 atom stereocenters. The van der Waals surface area contributed by atoms with Crippen LogP contribution in [-0.4, -0.2) is 5.91 Å². The third-order valence-electron chi connectivity index (χ3n) is 3.98. The third kappa shape index (κ3) is 2.96. The molecule has 1 amide bonds. The minimum atomic E-state index is -4.42. The van der Waals surface area contributed by atoms with Gasteiger partial charge in [0, 0.05) is 5.69 Å². The molecule has 3 rings (SSSR count). The minimum absolute atomic E-state index is 0.129. The Bertz CT molecular complexity index is 735. The number of carbonyl (C=O) groups excluding carboxylic acids is 1. The first-order valence-electron chi connectivity index (χ1n) is 7.52. The maximum atomic E-state index is 12.9. The number of carbonyl (C=O) groups is 1. The first kappa shape index (κ1) is 15.6. The van der Waals surface area contributed by atoms with Crippen LogP contribution in [0, 0.1) is 0 Å². The average molecular weight is 319 g/mol. The predicted octanol–water partition coefficient (Wildman–Crippen LogP) is 4.88. The lowest BCUT2D eigenvalue weighted by Gasteiger charge is -2.19. The zero-order valence-corrected chi connectivity index (χ0v) is 12.7. The topological polar surface area (TPSA) is 20.3 Å². The number of nitrogens with zero attached hydrogens (tertiary/aromatic N) is 1. The zero-order chi connectivity index (χ0) is 16.6. The molecule has 0 spiro atoms. The van der Waals surface area contributed by atoms with E-state index in [2.05, 4.69) is 6.92 Å². The summed E-state index contributed by atoms with van der Waals surface area (Å²) < 4.78 is 38.8. The monoisotopic (exact) mass is 319 g/mol.